The molecule has 2 unspecified atom stereocenters. The lowest BCUT2D eigenvalue weighted by Crippen LogP contribution is -2.13. The van der Waals surface area contributed by atoms with E-state index in [0.29, 0.717) is 0 Å². The van der Waals surface area contributed by atoms with Crippen LogP contribution >= 0.6 is 0 Å². The van der Waals surface area contributed by atoms with Crippen molar-refractivity contribution in [3.63, 3.8) is 0 Å². The molecule has 0 aromatic heterocycles. The average Bonchev–Trinajstić information content (AvgIpc) is 2.41. The standard InChI is InChI=1S/C18H38O/c1-4-7-9-10-11-13-15-18(19)16-17(6-3)14-12-8-5-2/h17-19H,4-16H2,1-3H3. The maximum absolute atomic E-state index is 10.1. The highest BCUT2D eigenvalue weighted by Gasteiger charge is 2.12. The largest absolute Gasteiger partial charge is 0.393 e. The summed E-state index contributed by atoms with van der Waals surface area (Å²) in [6, 6.07) is 0. The van der Waals surface area contributed by atoms with Gasteiger partial charge in [-0.15, -0.1) is 0 Å². The van der Waals surface area contributed by atoms with E-state index in [1.807, 2.05) is 0 Å². The Morgan fingerprint density at radius 3 is 1.84 bits per heavy atom. The first kappa shape index (κ1) is 19.0. The van der Waals surface area contributed by atoms with Crippen molar-refractivity contribution >= 4 is 0 Å². The summed E-state index contributed by atoms with van der Waals surface area (Å²) in [4.78, 5) is 0. The zero-order valence-electron chi connectivity index (χ0n) is 13.8. The van der Waals surface area contributed by atoms with Crippen molar-refractivity contribution in [2.24, 2.45) is 5.92 Å². The van der Waals surface area contributed by atoms with Crippen molar-refractivity contribution in [1.82, 2.24) is 0 Å². The number of aliphatic hydroxyl groups is 1. The van der Waals surface area contributed by atoms with Crippen LogP contribution in [0.3, 0.4) is 0 Å². The first-order valence-corrected chi connectivity index (χ1v) is 8.92. The van der Waals surface area contributed by atoms with Gasteiger partial charge in [0, 0.05) is 0 Å². The molecule has 0 aliphatic carbocycles. The van der Waals surface area contributed by atoms with E-state index < -0.39 is 0 Å². The predicted molar refractivity (Wildman–Crippen MR) is 86.5 cm³/mol. The lowest BCUT2D eigenvalue weighted by atomic mass is 9.91. The molecule has 0 bridgehead atoms. The highest BCUT2D eigenvalue weighted by molar-refractivity contribution is 4.65. The summed E-state index contributed by atoms with van der Waals surface area (Å²) in [6.07, 6.45) is 16.5. The van der Waals surface area contributed by atoms with E-state index in [-0.39, 0.29) is 6.10 Å². The van der Waals surface area contributed by atoms with Gasteiger partial charge in [0.2, 0.25) is 0 Å². The zero-order chi connectivity index (χ0) is 14.3. The highest BCUT2D eigenvalue weighted by atomic mass is 16.3. The fraction of sp³-hybridized carbons (Fsp3) is 1.00. The number of aliphatic hydroxyl groups excluding tert-OH is 1. The molecule has 19 heavy (non-hydrogen) atoms. The van der Waals surface area contributed by atoms with Gasteiger partial charge < -0.3 is 5.11 Å². The molecular weight excluding hydrogens is 232 g/mol. The summed E-state index contributed by atoms with van der Waals surface area (Å²) in [6.45, 7) is 6.79. The van der Waals surface area contributed by atoms with Gasteiger partial charge in [0.15, 0.2) is 0 Å². The normalized spacial score (nSPS) is 14.5. The SMILES string of the molecule is CCCCCCCCC(O)CC(CC)CCCCC. The number of hydrogen-bond donors (Lipinski definition) is 1. The minimum atomic E-state index is -0.0437. The summed E-state index contributed by atoms with van der Waals surface area (Å²) in [5.41, 5.74) is 0. The molecule has 0 aromatic rings. The molecule has 2 atom stereocenters. The van der Waals surface area contributed by atoms with Crippen molar-refractivity contribution in [3.8, 4) is 0 Å². The molecule has 0 radical (unpaired) electrons. The van der Waals surface area contributed by atoms with Crippen LogP contribution in [0.2, 0.25) is 0 Å². The fourth-order valence-electron chi connectivity index (χ4n) is 2.83. The highest BCUT2D eigenvalue weighted by Crippen LogP contribution is 2.21. The molecule has 0 spiro atoms. The van der Waals surface area contributed by atoms with Crippen molar-refractivity contribution < 1.29 is 5.11 Å². The Labute approximate surface area is 122 Å². The third-order valence-electron chi connectivity index (χ3n) is 4.29. The van der Waals surface area contributed by atoms with Gasteiger partial charge in [0.1, 0.15) is 0 Å². The number of hydrogen-bond acceptors (Lipinski definition) is 1. The minimum absolute atomic E-state index is 0.0437. The molecule has 1 N–H and O–H groups in total. The average molecular weight is 271 g/mol. The lowest BCUT2D eigenvalue weighted by Gasteiger charge is -2.18. The molecule has 1 nitrogen and oxygen atoms in total. The Balaban J connectivity index is 3.50. The summed E-state index contributed by atoms with van der Waals surface area (Å²) in [7, 11) is 0. The van der Waals surface area contributed by atoms with Gasteiger partial charge in [-0.25, -0.2) is 0 Å². The molecule has 0 saturated carbocycles. The van der Waals surface area contributed by atoms with Crippen LogP contribution in [0, 0.1) is 5.92 Å². The summed E-state index contributed by atoms with van der Waals surface area (Å²) in [5, 5.41) is 10.1. The van der Waals surface area contributed by atoms with E-state index >= 15 is 0 Å². The van der Waals surface area contributed by atoms with Gasteiger partial charge in [0.05, 0.1) is 6.10 Å². The lowest BCUT2D eigenvalue weighted by molar-refractivity contribution is 0.125. The Hall–Kier alpha value is -0.0400. The molecular formula is C18H38O. The Bertz CT molecular complexity index is 167. The van der Waals surface area contributed by atoms with Crippen LogP contribution in [0.1, 0.15) is 104 Å². The molecule has 1 heteroatoms. The maximum Gasteiger partial charge on any atom is 0.0542 e. The maximum atomic E-state index is 10.1. The molecule has 0 aliphatic rings. The summed E-state index contributed by atoms with van der Waals surface area (Å²) >= 11 is 0. The molecule has 0 fully saturated rings. The Morgan fingerprint density at radius 2 is 1.21 bits per heavy atom. The van der Waals surface area contributed by atoms with Crippen LogP contribution in [0.15, 0.2) is 0 Å². The van der Waals surface area contributed by atoms with Crippen LogP contribution in [0.4, 0.5) is 0 Å². The van der Waals surface area contributed by atoms with E-state index in [4.69, 9.17) is 0 Å². The minimum Gasteiger partial charge on any atom is -0.393 e. The molecule has 0 saturated heterocycles. The van der Waals surface area contributed by atoms with Gasteiger partial charge in [-0.1, -0.05) is 91.4 Å². The van der Waals surface area contributed by atoms with Crippen molar-refractivity contribution in [2.45, 2.75) is 110 Å². The third kappa shape index (κ3) is 12.7. The molecule has 0 aliphatic heterocycles. The molecule has 0 rings (SSSR count). The monoisotopic (exact) mass is 270 g/mol. The Morgan fingerprint density at radius 1 is 0.684 bits per heavy atom. The first-order valence-electron chi connectivity index (χ1n) is 8.92. The Kier molecular flexibility index (Phi) is 14.3. The number of rotatable bonds is 14. The van der Waals surface area contributed by atoms with Gasteiger partial charge in [0.25, 0.3) is 0 Å². The molecule has 0 aromatic carbocycles. The second kappa shape index (κ2) is 14.4. The molecule has 0 amide bonds. The van der Waals surface area contributed by atoms with Crippen LogP contribution in [0.5, 0.6) is 0 Å². The van der Waals surface area contributed by atoms with E-state index in [1.54, 1.807) is 0 Å². The van der Waals surface area contributed by atoms with Crippen LogP contribution in [-0.4, -0.2) is 11.2 Å². The second-order valence-corrected chi connectivity index (χ2v) is 6.22. The van der Waals surface area contributed by atoms with E-state index in [1.165, 1.54) is 70.6 Å². The summed E-state index contributed by atoms with van der Waals surface area (Å²) < 4.78 is 0. The molecule has 116 valence electrons. The zero-order valence-corrected chi connectivity index (χ0v) is 13.8. The van der Waals surface area contributed by atoms with Gasteiger partial charge in [-0.2, -0.15) is 0 Å². The van der Waals surface area contributed by atoms with Crippen LogP contribution in [-0.2, 0) is 0 Å². The quantitative estimate of drug-likeness (QED) is 0.378. The van der Waals surface area contributed by atoms with E-state index in [2.05, 4.69) is 20.8 Å². The molecule has 0 heterocycles. The van der Waals surface area contributed by atoms with Gasteiger partial charge >= 0.3 is 0 Å². The number of unbranched alkanes of at least 4 members (excludes halogenated alkanes) is 7. The van der Waals surface area contributed by atoms with Gasteiger partial charge in [-0.3, -0.25) is 0 Å². The summed E-state index contributed by atoms with van der Waals surface area (Å²) in [5.74, 6) is 0.752. The van der Waals surface area contributed by atoms with Crippen LogP contribution < -0.4 is 0 Å². The van der Waals surface area contributed by atoms with E-state index in [0.717, 1.165) is 18.8 Å². The van der Waals surface area contributed by atoms with Crippen molar-refractivity contribution in [3.05, 3.63) is 0 Å². The first-order chi connectivity index (χ1) is 9.24. The fourth-order valence-corrected chi connectivity index (χ4v) is 2.83. The van der Waals surface area contributed by atoms with Crippen LogP contribution in [0.25, 0.3) is 0 Å². The van der Waals surface area contributed by atoms with E-state index in [9.17, 15) is 5.11 Å². The third-order valence-corrected chi connectivity index (χ3v) is 4.29. The van der Waals surface area contributed by atoms with Crippen molar-refractivity contribution in [1.29, 1.82) is 0 Å². The van der Waals surface area contributed by atoms with Gasteiger partial charge in [-0.05, 0) is 18.8 Å². The topological polar surface area (TPSA) is 20.2 Å². The second-order valence-electron chi connectivity index (χ2n) is 6.22. The van der Waals surface area contributed by atoms with Crippen molar-refractivity contribution in [2.75, 3.05) is 0 Å². The smallest absolute Gasteiger partial charge is 0.0542 e. The predicted octanol–water partition coefficient (Wildman–Crippen LogP) is 6.09.